The largest absolute Gasteiger partial charge is 0.490 e. The number of nitrogens with one attached hydrogen (secondary N) is 1. The van der Waals surface area contributed by atoms with Crippen LogP contribution in [0.15, 0.2) is 18.2 Å². The number of carbonyl (C=O) groups is 1. The van der Waals surface area contributed by atoms with E-state index in [9.17, 15) is 4.79 Å². The van der Waals surface area contributed by atoms with Gasteiger partial charge in [-0.15, -0.1) is 0 Å². The molecule has 0 aromatic heterocycles. The van der Waals surface area contributed by atoms with E-state index >= 15 is 0 Å². The van der Waals surface area contributed by atoms with E-state index in [1.54, 1.807) is 4.90 Å². The Kier molecular flexibility index (Phi) is 4.37. The molecule has 0 unspecified atom stereocenters. The zero-order valence-corrected chi connectivity index (χ0v) is 13.4. The fourth-order valence-electron chi connectivity index (χ4n) is 2.31. The maximum atomic E-state index is 12.7. The number of hydrogen-bond donors (Lipinski definition) is 2. The van der Waals surface area contributed by atoms with Crippen molar-refractivity contribution in [3.8, 4) is 5.75 Å². The number of nitrogens with zero attached hydrogens (tertiary/aromatic N) is 1. The molecule has 0 aliphatic carbocycles. The van der Waals surface area contributed by atoms with E-state index in [-0.39, 0.29) is 11.0 Å². The number of hydrogen-bond acceptors (Lipinski definition) is 3. The Balaban J connectivity index is 2.43. The summed E-state index contributed by atoms with van der Waals surface area (Å²) in [5.74, 6) is 0.752. The molecule has 0 radical (unpaired) electrons. The quantitative estimate of drug-likeness (QED) is 0.840. The standard InChI is InChI=1S/C15H21N3O2S/c1-4-7-18-11-6-5-10(17-14(16)21)8-12(11)20-9-15(2,3)13(18)19/h5-6,8H,4,7,9H2,1-3H3,(H3,16,17,21). The summed E-state index contributed by atoms with van der Waals surface area (Å²) in [5.41, 5.74) is 6.48. The highest BCUT2D eigenvalue weighted by molar-refractivity contribution is 7.80. The van der Waals surface area contributed by atoms with Gasteiger partial charge < -0.3 is 20.7 Å². The molecule has 1 amide bonds. The molecule has 0 saturated carbocycles. The molecule has 2 rings (SSSR count). The molecule has 6 heteroatoms. The molecule has 0 saturated heterocycles. The smallest absolute Gasteiger partial charge is 0.236 e. The third-order valence-corrected chi connectivity index (χ3v) is 3.48. The topological polar surface area (TPSA) is 67.6 Å². The molecular weight excluding hydrogens is 286 g/mol. The molecular formula is C15H21N3O2S. The van der Waals surface area contributed by atoms with E-state index in [0.717, 1.165) is 17.8 Å². The van der Waals surface area contributed by atoms with Crippen molar-refractivity contribution in [2.75, 3.05) is 23.4 Å². The van der Waals surface area contributed by atoms with Crippen LogP contribution in [-0.4, -0.2) is 24.2 Å². The minimum absolute atomic E-state index is 0.0816. The van der Waals surface area contributed by atoms with Gasteiger partial charge >= 0.3 is 0 Å². The van der Waals surface area contributed by atoms with Crippen LogP contribution < -0.4 is 20.7 Å². The predicted octanol–water partition coefficient (Wildman–Crippen LogP) is 2.50. The lowest BCUT2D eigenvalue weighted by Gasteiger charge is -2.27. The normalized spacial score (nSPS) is 16.7. The van der Waals surface area contributed by atoms with Crippen LogP contribution in [0.2, 0.25) is 0 Å². The first-order valence-electron chi connectivity index (χ1n) is 7.00. The second-order valence-corrected chi connectivity index (χ2v) is 6.24. The van der Waals surface area contributed by atoms with Gasteiger partial charge in [-0.1, -0.05) is 6.92 Å². The van der Waals surface area contributed by atoms with Crippen molar-refractivity contribution in [3.05, 3.63) is 18.2 Å². The third-order valence-electron chi connectivity index (χ3n) is 3.38. The summed E-state index contributed by atoms with van der Waals surface area (Å²) in [4.78, 5) is 14.5. The molecule has 0 fully saturated rings. The van der Waals surface area contributed by atoms with Crippen molar-refractivity contribution in [2.24, 2.45) is 11.1 Å². The summed E-state index contributed by atoms with van der Waals surface area (Å²) in [7, 11) is 0. The lowest BCUT2D eigenvalue weighted by molar-refractivity contribution is -0.127. The number of rotatable bonds is 3. The van der Waals surface area contributed by atoms with E-state index in [0.29, 0.717) is 18.9 Å². The zero-order chi connectivity index (χ0) is 15.6. The second kappa shape index (κ2) is 5.89. The number of thiocarbonyl (C=S) groups is 1. The summed E-state index contributed by atoms with van der Waals surface area (Å²) < 4.78 is 5.85. The van der Waals surface area contributed by atoms with E-state index < -0.39 is 5.41 Å². The van der Waals surface area contributed by atoms with E-state index in [2.05, 4.69) is 12.2 Å². The molecule has 114 valence electrons. The summed E-state index contributed by atoms with van der Waals surface area (Å²) >= 11 is 4.84. The van der Waals surface area contributed by atoms with Gasteiger partial charge in [-0.25, -0.2) is 0 Å². The van der Waals surface area contributed by atoms with Gasteiger partial charge in [0.05, 0.1) is 11.1 Å². The number of nitrogens with two attached hydrogens (primary N) is 1. The van der Waals surface area contributed by atoms with Gasteiger partial charge in [-0.3, -0.25) is 4.79 Å². The SMILES string of the molecule is CCCN1C(=O)C(C)(C)COc2cc(NC(N)=S)ccc21. The highest BCUT2D eigenvalue weighted by Gasteiger charge is 2.37. The van der Waals surface area contributed by atoms with Gasteiger partial charge in [0.2, 0.25) is 5.91 Å². The summed E-state index contributed by atoms with van der Waals surface area (Å²) in [6.45, 7) is 6.86. The zero-order valence-electron chi connectivity index (χ0n) is 12.6. The lowest BCUT2D eigenvalue weighted by Crippen LogP contribution is -2.42. The lowest BCUT2D eigenvalue weighted by atomic mass is 9.93. The van der Waals surface area contributed by atoms with Crippen molar-refractivity contribution < 1.29 is 9.53 Å². The fourth-order valence-corrected chi connectivity index (χ4v) is 2.43. The maximum absolute atomic E-state index is 12.7. The molecule has 1 aromatic carbocycles. The van der Waals surface area contributed by atoms with Crippen molar-refractivity contribution >= 4 is 34.6 Å². The van der Waals surface area contributed by atoms with Crippen LogP contribution in [0, 0.1) is 5.41 Å². The third kappa shape index (κ3) is 3.26. The van der Waals surface area contributed by atoms with Gasteiger partial charge in [0, 0.05) is 18.3 Å². The monoisotopic (exact) mass is 307 g/mol. The van der Waals surface area contributed by atoms with Crippen LogP contribution in [0.1, 0.15) is 27.2 Å². The minimum Gasteiger partial charge on any atom is -0.490 e. The first-order valence-corrected chi connectivity index (χ1v) is 7.41. The Morgan fingerprint density at radius 3 is 2.86 bits per heavy atom. The van der Waals surface area contributed by atoms with Crippen molar-refractivity contribution in [3.63, 3.8) is 0 Å². The Labute approximate surface area is 130 Å². The average Bonchev–Trinajstić information content (AvgIpc) is 2.49. The van der Waals surface area contributed by atoms with E-state index in [4.69, 9.17) is 22.7 Å². The van der Waals surface area contributed by atoms with Crippen LogP contribution in [0.3, 0.4) is 0 Å². The number of benzene rings is 1. The van der Waals surface area contributed by atoms with Gasteiger partial charge in [0.15, 0.2) is 5.11 Å². The van der Waals surface area contributed by atoms with E-state index in [1.807, 2.05) is 32.0 Å². The number of carbonyl (C=O) groups excluding carboxylic acids is 1. The number of amides is 1. The number of anilines is 2. The first-order chi connectivity index (χ1) is 9.85. The van der Waals surface area contributed by atoms with Crippen molar-refractivity contribution in [1.29, 1.82) is 0 Å². The van der Waals surface area contributed by atoms with Crippen molar-refractivity contribution in [2.45, 2.75) is 27.2 Å². The van der Waals surface area contributed by atoms with Gasteiger partial charge in [0.1, 0.15) is 12.4 Å². The molecule has 1 aliphatic heterocycles. The van der Waals surface area contributed by atoms with Crippen LogP contribution >= 0.6 is 12.2 Å². The molecule has 0 bridgehead atoms. The Morgan fingerprint density at radius 2 is 2.24 bits per heavy atom. The summed E-state index contributed by atoms with van der Waals surface area (Å²) in [6, 6.07) is 5.53. The molecule has 1 aromatic rings. The van der Waals surface area contributed by atoms with Crippen LogP contribution in [-0.2, 0) is 4.79 Å². The molecule has 5 nitrogen and oxygen atoms in total. The van der Waals surface area contributed by atoms with E-state index in [1.165, 1.54) is 0 Å². The van der Waals surface area contributed by atoms with Gasteiger partial charge in [0.25, 0.3) is 0 Å². The first kappa shape index (κ1) is 15.6. The Bertz CT molecular complexity index is 572. The van der Waals surface area contributed by atoms with Crippen molar-refractivity contribution in [1.82, 2.24) is 0 Å². The average molecular weight is 307 g/mol. The molecule has 1 aliphatic rings. The highest BCUT2D eigenvalue weighted by atomic mass is 32.1. The van der Waals surface area contributed by atoms with Gasteiger partial charge in [-0.2, -0.15) is 0 Å². The summed E-state index contributed by atoms with van der Waals surface area (Å²) in [5, 5.41) is 3.08. The molecule has 0 spiro atoms. The summed E-state index contributed by atoms with van der Waals surface area (Å²) in [6.07, 6.45) is 0.883. The number of ether oxygens (including phenoxy) is 1. The Morgan fingerprint density at radius 1 is 1.52 bits per heavy atom. The predicted molar refractivity (Wildman–Crippen MR) is 88.8 cm³/mol. The maximum Gasteiger partial charge on any atom is 0.236 e. The van der Waals surface area contributed by atoms with Gasteiger partial charge in [-0.05, 0) is 44.6 Å². The molecule has 0 atom stereocenters. The second-order valence-electron chi connectivity index (χ2n) is 5.80. The molecule has 21 heavy (non-hydrogen) atoms. The number of fused-ring (bicyclic) bond motifs is 1. The highest BCUT2D eigenvalue weighted by Crippen LogP contribution is 2.38. The van der Waals surface area contributed by atoms with Crippen LogP contribution in [0.4, 0.5) is 11.4 Å². The fraction of sp³-hybridized carbons (Fsp3) is 0.467. The van der Waals surface area contributed by atoms with Crippen LogP contribution in [0.5, 0.6) is 5.75 Å². The molecule has 3 N–H and O–H groups in total. The van der Waals surface area contributed by atoms with Crippen LogP contribution in [0.25, 0.3) is 0 Å². The Hall–Kier alpha value is -1.82. The minimum atomic E-state index is -0.551. The molecule has 1 heterocycles.